The molecule has 0 radical (unpaired) electrons. The number of carbonyl (C=O) groups excluding carboxylic acids is 1. The van der Waals surface area contributed by atoms with Crippen molar-refractivity contribution in [1.29, 1.82) is 0 Å². The molecule has 5 rings (SSSR count). The highest BCUT2D eigenvalue weighted by molar-refractivity contribution is 7.99. The fourth-order valence-corrected chi connectivity index (χ4v) is 7.91. The second-order valence-corrected chi connectivity index (χ2v) is 15.3. The molecule has 4 aromatic carbocycles. The van der Waals surface area contributed by atoms with Crippen LogP contribution in [0.15, 0.2) is 106 Å². The van der Waals surface area contributed by atoms with Crippen LogP contribution in [0.5, 0.6) is 0 Å². The van der Waals surface area contributed by atoms with E-state index in [1.165, 1.54) is 18.2 Å². The van der Waals surface area contributed by atoms with Crippen LogP contribution in [0.4, 0.5) is 19.7 Å². The number of nitrogens with zero attached hydrogens (tertiary/aromatic N) is 2. The van der Waals surface area contributed by atoms with Gasteiger partial charge in [-0.15, -0.1) is 15.6 Å². The highest BCUT2D eigenvalue weighted by atomic mass is 32.3. The van der Waals surface area contributed by atoms with Gasteiger partial charge in [-0.25, -0.2) is 17.5 Å². The van der Waals surface area contributed by atoms with Crippen molar-refractivity contribution in [1.82, 2.24) is 9.62 Å². The number of benzene rings is 4. The van der Waals surface area contributed by atoms with Crippen LogP contribution in [0.1, 0.15) is 16.8 Å². The number of hydrogen-bond acceptors (Lipinski definition) is 11. The van der Waals surface area contributed by atoms with Crippen molar-refractivity contribution in [3.63, 3.8) is 0 Å². The molecule has 264 valence electrons. The Kier molecular flexibility index (Phi) is 11.8. The summed E-state index contributed by atoms with van der Waals surface area (Å²) in [6.07, 6.45) is 0.651. The summed E-state index contributed by atoms with van der Waals surface area (Å²) < 4.78 is 84.2. The van der Waals surface area contributed by atoms with Crippen LogP contribution >= 0.6 is 11.8 Å². The van der Waals surface area contributed by atoms with Crippen LogP contribution in [-0.2, 0) is 25.0 Å². The molecular formula is C33H32F2N4O8S3. The van der Waals surface area contributed by atoms with Crippen molar-refractivity contribution < 1.29 is 39.6 Å². The first kappa shape index (κ1) is 36.9. The Morgan fingerprint density at radius 3 is 2.32 bits per heavy atom. The average molecular weight is 747 g/mol. The average Bonchev–Trinajstić information content (AvgIpc) is 3.09. The number of sulfonamides is 1. The van der Waals surface area contributed by atoms with Gasteiger partial charge in [0.15, 0.2) is 0 Å². The highest BCUT2D eigenvalue weighted by Crippen LogP contribution is 2.32. The summed E-state index contributed by atoms with van der Waals surface area (Å²) in [5.74, 6) is -1.48. The van der Waals surface area contributed by atoms with Crippen LogP contribution in [-0.4, -0.2) is 77.2 Å². The standard InChI is InChI=1S/C33H32F2N4O8S3/c34-25-10-12-29(32(20-25)49(35,43)44)23-6-8-24(9-7-23)33(40)37-50(45,46)28-11-13-30(31(21-28)39(41)42)36-26(14-15-38-16-18-47-19-17-38)22-48-27-4-2-1-3-5-27/h1-13,20-21,26,36H,14-19,22H2,(H,37,40)/t26-/m1/s1. The summed E-state index contributed by atoms with van der Waals surface area (Å²) in [6.45, 7) is 3.54. The van der Waals surface area contributed by atoms with Gasteiger partial charge < -0.3 is 10.1 Å². The minimum atomic E-state index is -5.29. The number of amides is 1. The lowest BCUT2D eigenvalue weighted by molar-refractivity contribution is -0.384. The van der Waals surface area contributed by atoms with E-state index in [0.717, 1.165) is 60.9 Å². The smallest absolute Gasteiger partial charge is 0.332 e. The van der Waals surface area contributed by atoms with Crippen molar-refractivity contribution in [3.05, 3.63) is 112 Å². The number of carbonyl (C=O) groups is 1. The molecule has 1 aliphatic heterocycles. The lowest BCUT2D eigenvalue weighted by atomic mass is 10.0. The minimum Gasteiger partial charge on any atom is -0.379 e. The summed E-state index contributed by atoms with van der Waals surface area (Å²) in [4.78, 5) is 26.2. The number of morpholine rings is 1. The third-order valence-corrected chi connectivity index (χ3v) is 11.2. The van der Waals surface area contributed by atoms with E-state index in [1.807, 2.05) is 35.1 Å². The lowest BCUT2D eigenvalue weighted by Gasteiger charge is -2.29. The van der Waals surface area contributed by atoms with E-state index in [9.17, 15) is 40.0 Å². The molecule has 12 nitrogen and oxygen atoms in total. The Balaban J connectivity index is 1.32. The Morgan fingerprint density at radius 1 is 0.960 bits per heavy atom. The maximum atomic E-state index is 13.8. The van der Waals surface area contributed by atoms with Crippen LogP contribution in [0, 0.1) is 15.9 Å². The molecule has 17 heteroatoms. The van der Waals surface area contributed by atoms with Crippen LogP contribution in [0.2, 0.25) is 0 Å². The Hall–Kier alpha value is -4.42. The quantitative estimate of drug-likeness (QED) is 0.0728. The number of nitro groups is 1. The molecule has 0 spiro atoms. The monoisotopic (exact) mass is 746 g/mol. The summed E-state index contributed by atoms with van der Waals surface area (Å²) in [5, 5.41) is 15.4. The maximum Gasteiger partial charge on any atom is 0.332 e. The largest absolute Gasteiger partial charge is 0.379 e. The Bertz CT molecular complexity index is 2060. The van der Waals surface area contributed by atoms with Gasteiger partial charge in [-0.05, 0) is 60.5 Å². The van der Waals surface area contributed by atoms with Crippen molar-refractivity contribution in [3.8, 4) is 11.1 Å². The maximum absolute atomic E-state index is 13.8. The summed E-state index contributed by atoms with van der Waals surface area (Å²) in [6, 6.07) is 20.1. The van der Waals surface area contributed by atoms with Gasteiger partial charge in [0.25, 0.3) is 21.6 Å². The zero-order valence-corrected chi connectivity index (χ0v) is 28.8. The molecule has 1 amide bonds. The fourth-order valence-electron chi connectivity index (χ4n) is 5.22. The first-order valence-corrected chi connectivity index (χ1v) is 19.1. The molecule has 1 saturated heterocycles. The molecule has 1 fully saturated rings. The normalized spacial score (nSPS) is 14.5. The van der Waals surface area contributed by atoms with E-state index in [0.29, 0.717) is 31.5 Å². The fraction of sp³-hybridized carbons (Fsp3) is 0.242. The molecular weight excluding hydrogens is 715 g/mol. The Morgan fingerprint density at radius 2 is 1.66 bits per heavy atom. The van der Waals surface area contributed by atoms with Gasteiger partial charge in [0.05, 0.1) is 23.0 Å². The summed E-state index contributed by atoms with van der Waals surface area (Å²) in [7, 11) is -9.88. The molecule has 0 bridgehead atoms. The SMILES string of the molecule is O=C(NS(=O)(=O)c1ccc(N[C@H](CCN2CCOCC2)CSc2ccccc2)c([N+](=O)[O-])c1)c1ccc(-c2ccc(F)cc2S(=O)(=O)F)cc1. The van der Waals surface area contributed by atoms with Gasteiger partial charge in [-0.3, -0.25) is 19.8 Å². The number of anilines is 1. The van der Waals surface area contributed by atoms with Crippen molar-refractivity contribution in [2.75, 3.05) is 43.9 Å². The van der Waals surface area contributed by atoms with E-state index in [4.69, 9.17) is 4.74 Å². The minimum absolute atomic E-state index is 0.116. The van der Waals surface area contributed by atoms with Gasteiger partial charge in [-0.2, -0.15) is 8.42 Å². The molecule has 2 N–H and O–H groups in total. The number of ether oxygens (including phenoxy) is 1. The molecule has 1 aliphatic rings. The first-order chi connectivity index (χ1) is 23.8. The van der Waals surface area contributed by atoms with Crippen molar-refractivity contribution >= 4 is 49.3 Å². The van der Waals surface area contributed by atoms with Crippen molar-refractivity contribution in [2.24, 2.45) is 0 Å². The van der Waals surface area contributed by atoms with Crippen molar-refractivity contribution in [2.45, 2.75) is 27.1 Å². The molecule has 0 aromatic heterocycles. The van der Waals surface area contributed by atoms with Gasteiger partial charge in [0, 0.05) is 53.5 Å². The molecule has 0 unspecified atom stereocenters. The van der Waals surface area contributed by atoms with E-state index in [-0.39, 0.29) is 28.4 Å². The second kappa shape index (κ2) is 16.1. The Labute approximate surface area is 292 Å². The summed E-state index contributed by atoms with van der Waals surface area (Å²) >= 11 is 1.59. The van der Waals surface area contributed by atoms with E-state index < -0.39 is 52.4 Å². The number of hydrogen-bond donors (Lipinski definition) is 2. The molecule has 0 aliphatic carbocycles. The van der Waals surface area contributed by atoms with Gasteiger partial charge >= 0.3 is 10.2 Å². The van der Waals surface area contributed by atoms with E-state index in [1.54, 1.807) is 11.8 Å². The van der Waals surface area contributed by atoms with Gasteiger partial charge in [-0.1, -0.05) is 36.4 Å². The zero-order valence-electron chi connectivity index (χ0n) is 26.3. The van der Waals surface area contributed by atoms with Gasteiger partial charge in [0.2, 0.25) is 0 Å². The molecule has 50 heavy (non-hydrogen) atoms. The molecule has 4 aromatic rings. The molecule has 1 atom stereocenters. The van der Waals surface area contributed by atoms with Gasteiger partial charge in [0.1, 0.15) is 16.4 Å². The lowest BCUT2D eigenvalue weighted by Crippen LogP contribution is -2.39. The topological polar surface area (TPSA) is 165 Å². The van der Waals surface area contributed by atoms with Crippen LogP contribution < -0.4 is 10.0 Å². The third-order valence-electron chi connectivity index (χ3n) is 7.82. The van der Waals surface area contributed by atoms with E-state index in [2.05, 4.69) is 10.2 Å². The second-order valence-electron chi connectivity index (χ2n) is 11.2. The number of halogens is 2. The van der Waals surface area contributed by atoms with E-state index >= 15 is 0 Å². The molecule has 1 heterocycles. The third kappa shape index (κ3) is 9.63. The number of rotatable bonds is 14. The number of nitro benzene ring substituents is 1. The van der Waals surface area contributed by atoms with Crippen LogP contribution in [0.25, 0.3) is 11.1 Å². The first-order valence-electron chi connectivity index (χ1n) is 15.2. The summed E-state index contributed by atoms with van der Waals surface area (Å²) in [5.41, 5.74) is -0.604. The van der Waals surface area contributed by atoms with Crippen LogP contribution in [0.3, 0.4) is 0 Å². The predicted octanol–water partition coefficient (Wildman–Crippen LogP) is 5.47. The highest BCUT2D eigenvalue weighted by Gasteiger charge is 2.26. The predicted molar refractivity (Wildman–Crippen MR) is 184 cm³/mol. The zero-order chi connectivity index (χ0) is 35.9. The molecule has 0 saturated carbocycles. The number of nitrogens with one attached hydrogen (secondary N) is 2. The number of thioether (sulfide) groups is 1.